The van der Waals surface area contributed by atoms with Gasteiger partial charge in [0.2, 0.25) is 0 Å². The summed E-state index contributed by atoms with van der Waals surface area (Å²) in [6.07, 6.45) is 0. The fourth-order valence-corrected chi connectivity index (χ4v) is 10.2. The van der Waals surface area contributed by atoms with Gasteiger partial charge in [-0.3, -0.25) is 0 Å². The molecule has 0 aliphatic heterocycles. The Labute approximate surface area is 330 Å². The van der Waals surface area contributed by atoms with Crippen LogP contribution in [0.4, 0.5) is 0 Å². The highest BCUT2D eigenvalue weighted by atomic mass is 32.1. The summed E-state index contributed by atoms with van der Waals surface area (Å²) in [5.74, 6) is 0.702. The van der Waals surface area contributed by atoms with Crippen LogP contribution in [-0.4, -0.2) is 9.97 Å². The molecule has 0 N–H and O–H groups in total. The van der Waals surface area contributed by atoms with Gasteiger partial charge in [-0.2, -0.15) is 0 Å². The molecule has 2 heterocycles. The Bertz CT molecular complexity index is 3040. The summed E-state index contributed by atoms with van der Waals surface area (Å²) >= 11 is 1.85. The van der Waals surface area contributed by atoms with Crippen LogP contribution in [-0.2, 0) is 5.41 Å². The maximum absolute atomic E-state index is 5.42. The van der Waals surface area contributed by atoms with Gasteiger partial charge in [-0.25, -0.2) is 9.97 Å². The van der Waals surface area contributed by atoms with Crippen molar-refractivity contribution in [2.75, 3.05) is 0 Å². The smallest absolute Gasteiger partial charge is 0.160 e. The van der Waals surface area contributed by atoms with Gasteiger partial charge >= 0.3 is 0 Å². The van der Waals surface area contributed by atoms with Crippen molar-refractivity contribution in [1.29, 1.82) is 0 Å². The van der Waals surface area contributed by atoms with E-state index in [0.29, 0.717) is 5.82 Å². The van der Waals surface area contributed by atoms with E-state index in [1.165, 1.54) is 59.1 Å². The summed E-state index contributed by atoms with van der Waals surface area (Å²) in [5.41, 5.74) is 14.2. The molecule has 0 radical (unpaired) electrons. The molecule has 56 heavy (non-hydrogen) atoms. The molecule has 1 aliphatic rings. The molecule has 0 amide bonds. The number of nitrogens with zero attached hydrogens (tertiary/aromatic N) is 2. The lowest BCUT2D eigenvalue weighted by Crippen LogP contribution is -2.28. The standard InChI is InChI=1S/C53H34N2S/c1-4-18-35(19-5-1)52-54-46(39-25-11-10-24-38(39)40-28-17-33-49-51(40)43-27-13-15-32-48(43)56-49)34-47(55-52)42-29-16-31-45-50(42)41-26-12-14-30-44(41)53(45,36-20-6-2-7-21-36)37-22-8-3-9-23-37/h1-34H. The lowest BCUT2D eigenvalue weighted by molar-refractivity contribution is 0.768. The van der Waals surface area contributed by atoms with Crippen molar-refractivity contribution in [3.05, 3.63) is 229 Å². The van der Waals surface area contributed by atoms with Gasteiger partial charge in [-0.05, 0) is 62.7 Å². The van der Waals surface area contributed by atoms with E-state index < -0.39 is 5.41 Å². The molecule has 0 unspecified atom stereocenters. The highest BCUT2D eigenvalue weighted by molar-refractivity contribution is 7.25. The average Bonchev–Trinajstić information content (AvgIpc) is 3.81. The van der Waals surface area contributed by atoms with E-state index in [-0.39, 0.29) is 0 Å². The Hall–Kier alpha value is -6.94. The van der Waals surface area contributed by atoms with Crippen LogP contribution >= 0.6 is 11.3 Å². The molecule has 0 saturated heterocycles. The molecule has 0 fully saturated rings. The number of thiophene rings is 1. The fraction of sp³-hybridized carbons (Fsp3) is 0.0189. The van der Waals surface area contributed by atoms with Gasteiger partial charge in [0.1, 0.15) is 0 Å². The Kier molecular flexibility index (Phi) is 7.61. The highest BCUT2D eigenvalue weighted by Gasteiger charge is 2.46. The predicted octanol–water partition coefficient (Wildman–Crippen LogP) is 13.9. The average molecular weight is 731 g/mol. The summed E-state index contributed by atoms with van der Waals surface area (Å²) in [4.78, 5) is 10.8. The fourth-order valence-electron chi connectivity index (χ4n) is 9.09. The zero-order valence-corrected chi connectivity index (χ0v) is 31.2. The minimum atomic E-state index is -0.503. The number of aromatic nitrogens is 2. The van der Waals surface area contributed by atoms with Gasteiger partial charge in [0.05, 0.1) is 16.8 Å². The summed E-state index contributed by atoms with van der Waals surface area (Å²) in [5, 5.41) is 2.57. The minimum absolute atomic E-state index is 0.503. The quantitative estimate of drug-likeness (QED) is 0.170. The molecule has 2 nitrogen and oxygen atoms in total. The number of benzene rings is 8. The number of hydrogen-bond donors (Lipinski definition) is 0. The molecule has 8 aromatic carbocycles. The van der Waals surface area contributed by atoms with E-state index in [1.54, 1.807) is 0 Å². The predicted molar refractivity (Wildman–Crippen MR) is 234 cm³/mol. The molecular weight excluding hydrogens is 697 g/mol. The minimum Gasteiger partial charge on any atom is -0.228 e. The van der Waals surface area contributed by atoms with Gasteiger partial charge in [-0.1, -0.05) is 188 Å². The SMILES string of the molecule is c1ccc(-c2nc(-c3ccccc3-c3cccc4sc5ccccc5c34)cc(-c3cccc4c3-c3ccccc3C4(c3ccccc3)c3ccccc3)n2)cc1. The van der Waals surface area contributed by atoms with E-state index in [9.17, 15) is 0 Å². The van der Waals surface area contributed by atoms with Crippen molar-refractivity contribution in [3.63, 3.8) is 0 Å². The Morgan fingerprint density at radius 1 is 0.375 bits per heavy atom. The van der Waals surface area contributed by atoms with Crippen molar-refractivity contribution in [2.24, 2.45) is 0 Å². The van der Waals surface area contributed by atoms with Gasteiger partial charge in [0.25, 0.3) is 0 Å². The molecule has 2 aromatic heterocycles. The van der Waals surface area contributed by atoms with Gasteiger partial charge in [0.15, 0.2) is 5.82 Å². The summed E-state index contributed by atoms with van der Waals surface area (Å²) in [6, 6.07) is 74.4. The lowest BCUT2D eigenvalue weighted by Gasteiger charge is -2.33. The molecule has 10 aromatic rings. The second-order valence-electron chi connectivity index (χ2n) is 14.4. The van der Waals surface area contributed by atoms with E-state index in [0.717, 1.165) is 33.6 Å². The van der Waals surface area contributed by atoms with E-state index in [2.05, 4.69) is 200 Å². The first-order valence-electron chi connectivity index (χ1n) is 19.1. The first-order valence-corrected chi connectivity index (χ1v) is 19.9. The Morgan fingerprint density at radius 2 is 0.893 bits per heavy atom. The van der Waals surface area contributed by atoms with Crippen LogP contribution in [0.2, 0.25) is 0 Å². The van der Waals surface area contributed by atoms with Crippen LogP contribution in [0.1, 0.15) is 22.3 Å². The van der Waals surface area contributed by atoms with Crippen LogP contribution in [0.15, 0.2) is 206 Å². The zero-order chi connectivity index (χ0) is 37.1. The van der Waals surface area contributed by atoms with Gasteiger partial charge in [0, 0.05) is 36.9 Å². The van der Waals surface area contributed by atoms with Crippen LogP contribution < -0.4 is 0 Å². The highest BCUT2D eigenvalue weighted by Crippen LogP contribution is 2.58. The van der Waals surface area contributed by atoms with Gasteiger partial charge < -0.3 is 0 Å². The van der Waals surface area contributed by atoms with E-state index >= 15 is 0 Å². The van der Waals surface area contributed by atoms with Crippen molar-refractivity contribution in [2.45, 2.75) is 5.41 Å². The monoisotopic (exact) mass is 730 g/mol. The normalized spacial score (nSPS) is 12.8. The molecule has 0 spiro atoms. The van der Waals surface area contributed by atoms with Crippen molar-refractivity contribution in [1.82, 2.24) is 9.97 Å². The van der Waals surface area contributed by atoms with Crippen LogP contribution in [0.5, 0.6) is 0 Å². The zero-order valence-electron chi connectivity index (χ0n) is 30.4. The molecule has 262 valence electrons. The lowest BCUT2D eigenvalue weighted by atomic mass is 9.67. The van der Waals surface area contributed by atoms with Crippen LogP contribution in [0.25, 0.3) is 76.3 Å². The van der Waals surface area contributed by atoms with Crippen molar-refractivity contribution >= 4 is 31.5 Å². The summed E-state index contributed by atoms with van der Waals surface area (Å²) in [7, 11) is 0. The molecule has 1 aliphatic carbocycles. The molecule has 3 heteroatoms. The third kappa shape index (κ3) is 4.95. The molecule has 11 rings (SSSR count). The maximum Gasteiger partial charge on any atom is 0.160 e. The molecule has 0 atom stereocenters. The first-order chi connectivity index (χ1) is 27.8. The molecular formula is C53H34N2S. The van der Waals surface area contributed by atoms with E-state index in [4.69, 9.17) is 9.97 Å². The Morgan fingerprint density at radius 3 is 1.64 bits per heavy atom. The topological polar surface area (TPSA) is 25.8 Å². The second-order valence-corrected chi connectivity index (χ2v) is 15.5. The largest absolute Gasteiger partial charge is 0.228 e. The second kappa shape index (κ2) is 13.1. The summed E-state index contributed by atoms with van der Waals surface area (Å²) in [6.45, 7) is 0. The Balaban J connectivity index is 1.19. The summed E-state index contributed by atoms with van der Waals surface area (Å²) < 4.78 is 2.58. The van der Waals surface area contributed by atoms with Crippen LogP contribution in [0, 0.1) is 0 Å². The third-order valence-electron chi connectivity index (χ3n) is 11.4. The van der Waals surface area contributed by atoms with Crippen LogP contribution in [0.3, 0.4) is 0 Å². The van der Waals surface area contributed by atoms with E-state index in [1.807, 2.05) is 17.4 Å². The first kappa shape index (κ1) is 32.5. The maximum atomic E-state index is 5.42. The number of fused-ring (bicyclic) bond motifs is 6. The van der Waals surface area contributed by atoms with Crippen molar-refractivity contribution < 1.29 is 0 Å². The third-order valence-corrected chi connectivity index (χ3v) is 12.5. The van der Waals surface area contributed by atoms with Gasteiger partial charge in [-0.15, -0.1) is 11.3 Å². The number of rotatable bonds is 6. The molecule has 0 saturated carbocycles. The number of hydrogen-bond acceptors (Lipinski definition) is 3. The molecule has 0 bridgehead atoms. The van der Waals surface area contributed by atoms with Crippen molar-refractivity contribution in [3.8, 4) is 56.2 Å².